The molecule has 2 N–H and O–H groups in total. The number of rotatable bonds is 8. The molecule has 81 heavy (non-hydrogen) atoms. The summed E-state index contributed by atoms with van der Waals surface area (Å²) in [6.45, 7) is 6.47. The molecule has 12 heterocycles. The molecule has 6 bridgehead atoms. The number of hydrogen-bond acceptors (Lipinski definition) is 18. The van der Waals surface area contributed by atoms with Gasteiger partial charge in [0.25, 0.3) is 11.1 Å². The fourth-order valence-corrected chi connectivity index (χ4v) is 15.7. The van der Waals surface area contributed by atoms with Crippen molar-refractivity contribution in [3.8, 4) is 0 Å². The predicted octanol–water partition coefficient (Wildman–Crippen LogP) is 3.34. The fraction of sp³-hybridized carbons (Fsp3) is 0.286. The van der Waals surface area contributed by atoms with Crippen molar-refractivity contribution in [1.82, 2.24) is 27.6 Å². The number of benzene rings is 4. The van der Waals surface area contributed by atoms with Gasteiger partial charge in [0.2, 0.25) is 0 Å². The molecule has 0 unspecified atom stereocenters. The van der Waals surface area contributed by atoms with Crippen LogP contribution in [0.25, 0.3) is 21.5 Å². The molecule has 8 aliphatic heterocycles. The van der Waals surface area contributed by atoms with Crippen molar-refractivity contribution in [1.29, 1.82) is 0 Å². The second-order valence-electron chi connectivity index (χ2n) is 21.6. The Morgan fingerprint density at radius 3 is 1.25 bits per heavy atom. The van der Waals surface area contributed by atoms with Crippen LogP contribution in [0.1, 0.15) is 62.4 Å². The standard InChI is InChI=1S/C56H46N12O12Si/c1-55(2)77-39-35(75-51(41(39)79-55)65-23-21-37(69)57-53(65)71)25-73-81(74-26-36-40-42(80-56(3,4)78-40)52(76-36)66-24-22-38(70)58-54(66)72)67-47-31-17-9-10-18-32(31)49(67)63-45-29-15-7-8-16-30(29)46(60-45)64-50-34-20-12-11-19-33(34)48(68(50)81)62-44-28-14-6-5-13-27(28)43(59-44)61-47/h5-24,35-36,39-42,51-52H,25-26H2,1-4H3,(H,57,69,71)(H,58,70,72)/t35-,36-,39-,40-,41-,42-,51-,52-/m1/s1. The zero-order chi connectivity index (χ0) is 54.8. The Hall–Kier alpha value is -8.50. The minimum absolute atomic E-state index is 0.308. The first-order valence-corrected chi connectivity index (χ1v) is 28.1. The number of H-pyrrole nitrogens is 2. The monoisotopic (exact) mass is 1110 g/mol. The highest BCUT2D eigenvalue weighted by molar-refractivity contribution is 6.66. The van der Waals surface area contributed by atoms with Gasteiger partial charge in [-0.1, -0.05) is 97.1 Å². The third kappa shape index (κ3) is 7.30. The van der Waals surface area contributed by atoms with Crippen molar-refractivity contribution in [3.63, 3.8) is 0 Å². The maximum absolute atomic E-state index is 13.6. The highest BCUT2D eigenvalue weighted by Gasteiger charge is 2.61. The topological polar surface area (TPSA) is 268 Å². The lowest BCUT2D eigenvalue weighted by atomic mass is 10.1. The average Bonchev–Trinajstić information content (AvgIpc) is 3.06. The minimum atomic E-state index is -5.01. The van der Waals surface area contributed by atoms with Crippen LogP contribution in [-0.2, 0) is 37.3 Å². The number of fused-ring (bicyclic) bond motifs is 16. The minimum Gasteiger partial charge on any atom is -0.358 e. The predicted molar refractivity (Wildman–Crippen MR) is 291 cm³/mol. The van der Waals surface area contributed by atoms with Crippen molar-refractivity contribution in [2.75, 3.05) is 13.2 Å². The molecule has 0 radical (unpaired) electrons. The second kappa shape index (κ2) is 17.3. The smallest absolute Gasteiger partial charge is 0.358 e. The van der Waals surface area contributed by atoms with Crippen molar-refractivity contribution < 1.29 is 37.3 Å². The van der Waals surface area contributed by atoms with Crippen LogP contribution in [0.2, 0.25) is 0 Å². The number of aromatic nitrogens is 6. The van der Waals surface area contributed by atoms with Crippen LogP contribution in [0.3, 0.4) is 0 Å². The fourth-order valence-electron chi connectivity index (χ4n) is 12.4. The summed E-state index contributed by atoms with van der Waals surface area (Å²) < 4.78 is 62.3. The molecule has 8 aromatic rings. The van der Waals surface area contributed by atoms with Crippen LogP contribution in [0.15, 0.2) is 171 Å². The lowest BCUT2D eigenvalue weighted by Crippen LogP contribution is -2.65. The zero-order valence-corrected chi connectivity index (χ0v) is 44.5. The summed E-state index contributed by atoms with van der Waals surface area (Å²) in [5.74, 6) is -0.114. The van der Waals surface area contributed by atoms with Gasteiger partial charge in [-0.15, -0.1) is 0 Å². The van der Waals surface area contributed by atoms with Gasteiger partial charge in [0.05, 0.1) is 13.2 Å². The van der Waals surface area contributed by atoms with Crippen LogP contribution in [0, 0.1) is 0 Å². The first-order chi connectivity index (χ1) is 39.2. The van der Waals surface area contributed by atoms with E-state index in [9.17, 15) is 19.2 Å². The van der Waals surface area contributed by atoms with Crippen LogP contribution in [-0.4, -0.2) is 121 Å². The van der Waals surface area contributed by atoms with Crippen LogP contribution in [0.5, 0.6) is 0 Å². The van der Waals surface area contributed by atoms with E-state index in [0.29, 0.717) is 67.5 Å². The quantitative estimate of drug-likeness (QED) is 0.208. The zero-order valence-electron chi connectivity index (χ0n) is 43.5. The SMILES string of the molecule is CC1(C)O[C@@H]2[C@H](O1)[C@@H](CO[Si]1(OC[C@H]3O[C@@H](n4ccc(=O)[nH]c4=O)[C@@H]4OC(C)(C)O[C@@H]43)n3c4c5ccccc5c3N=C3N=C(N=c5c6ccccc6c(n51)=NC1=NC(=N4)c4ccccc41)c1ccccc13)O[C@H]2n1ccc(=O)[nH]c1=O. The average molecular weight is 1110 g/mol. The van der Waals surface area contributed by atoms with Gasteiger partial charge in [-0.2, -0.15) is 0 Å². The summed E-state index contributed by atoms with van der Waals surface area (Å²) in [4.78, 5) is 89.3. The van der Waals surface area contributed by atoms with Gasteiger partial charge in [0.15, 0.2) is 47.4 Å². The molecule has 24 nitrogen and oxygen atoms in total. The summed E-state index contributed by atoms with van der Waals surface area (Å²) in [5, 5.41) is 2.64. The molecule has 4 aromatic heterocycles. The van der Waals surface area contributed by atoms with Gasteiger partial charge in [-0.05, 0) is 27.7 Å². The number of nitrogens with one attached hydrogen (secondary N) is 2. The summed E-state index contributed by atoms with van der Waals surface area (Å²) in [5.41, 5.74) is 1.05. The molecule has 16 rings (SSSR count). The maximum Gasteiger partial charge on any atom is 0.603 e. The van der Waals surface area contributed by atoms with E-state index in [2.05, 4.69) is 9.97 Å². The van der Waals surface area contributed by atoms with E-state index >= 15 is 0 Å². The molecule has 0 spiro atoms. The van der Waals surface area contributed by atoms with Crippen molar-refractivity contribution in [2.24, 2.45) is 30.0 Å². The van der Waals surface area contributed by atoms with E-state index in [-0.39, 0.29) is 13.2 Å². The Morgan fingerprint density at radius 1 is 0.469 bits per heavy atom. The molecular weight excluding hydrogens is 1060 g/mol. The van der Waals surface area contributed by atoms with Crippen molar-refractivity contribution in [3.05, 3.63) is 196 Å². The van der Waals surface area contributed by atoms with Gasteiger partial charge >= 0.3 is 20.3 Å². The number of amidine groups is 4. The maximum atomic E-state index is 13.6. The van der Waals surface area contributed by atoms with Gasteiger partial charge in [0.1, 0.15) is 59.2 Å². The van der Waals surface area contributed by atoms with Gasteiger partial charge < -0.3 is 37.3 Å². The van der Waals surface area contributed by atoms with Crippen molar-refractivity contribution >= 4 is 65.4 Å². The summed E-state index contributed by atoms with van der Waals surface area (Å²) in [7, 11) is -5.01. The van der Waals surface area contributed by atoms with E-state index in [0.717, 1.165) is 22.3 Å². The summed E-state index contributed by atoms with van der Waals surface area (Å²) >= 11 is 0. The molecule has 0 amide bonds. The van der Waals surface area contributed by atoms with E-state index < -0.39 is 92.0 Å². The van der Waals surface area contributed by atoms with E-state index in [1.165, 1.54) is 33.7 Å². The normalized spacial score (nSPS) is 26.4. The molecule has 0 saturated carbocycles. The number of ether oxygens (including phenoxy) is 6. The van der Waals surface area contributed by atoms with Gasteiger partial charge in [-0.25, -0.2) is 39.5 Å². The molecule has 0 aliphatic carbocycles. The Balaban J connectivity index is 0.995. The largest absolute Gasteiger partial charge is 0.603 e. The Kier molecular flexibility index (Phi) is 10.3. The Labute approximate surface area is 456 Å². The Bertz CT molecular complexity index is 4330. The number of nitrogens with zero attached hydrogens (tertiary/aromatic N) is 10. The first kappa shape index (κ1) is 48.4. The lowest BCUT2D eigenvalue weighted by Gasteiger charge is -2.35. The highest BCUT2D eigenvalue weighted by atomic mass is 28.4. The third-order valence-corrected chi connectivity index (χ3v) is 18.8. The third-order valence-electron chi connectivity index (χ3n) is 15.7. The lowest BCUT2D eigenvalue weighted by molar-refractivity contribution is -0.202. The molecule has 406 valence electrons. The second-order valence-corrected chi connectivity index (χ2v) is 24.1. The molecule has 8 atom stereocenters. The van der Waals surface area contributed by atoms with Gasteiger partial charge in [-0.3, -0.25) is 37.2 Å². The van der Waals surface area contributed by atoms with E-state index in [4.69, 9.17) is 67.2 Å². The van der Waals surface area contributed by atoms with Crippen LogP contribution < -0.4 is 33.5 Å². The van der Waals surface area contributed by atoms with Crippen LogP contribution >= 0.6 is 0 Å². The number of aliphatic imine (C=N–C) groups is 4. The summed E-state index contributed by atoms with van der Waals surface area (Å²) in [6.07, 6.45) is -4.90. The Morgan fingerprint density at radius 2 is 0.840 bits per heavy atom. The van der Waals surface area contributed by atoms with E-state index in [1.807, 2.05) is 106 Å². The summed E-state index contributed by atoms with van der Waals surface area (Å²) in [6, 6.07) is 33.5. The van der Waals surface area contributed by atoms with Crippen molar-refractivity contribution in [2.45, 2.75) is 88.3 Å². The van der Waals surface area contributed by atoms with Gasteiger partial charge in [0, 0.05) is 68.3 Å². The molecule has 8 aliphatic rings. The molecule has 25 heteroatoms. The molecule has 4 aromatic carbocycles. The molecule has 4 fully saturated rings. The molecular formula is C56H46N12O12Si. The van der Waals surface area contributed by atoms with Crippen LogP contribution in [0.4, 0.5) is 11.6 Å². The molecule has 4 saturated heterocycles. The number of aromatic amines is 2. The highest BCUT2D eigenvalue weighted by Crippen LogP contribution is 2.48. The first-order valence-electron chi connectivity index (χ1n) is 26.4. The number of hydrogen-bond donors (Lipinski definition) is 2. The van der Waals surface area contributed by atoms with E-state index in [1.54, 1.807) is 27.7 Å².